The number of rotatable bonds is 6. The van der Waals surface area contributed by atoms with Crippen LogP contribution in [0.25, 0.3) is 11.2 Å². The lowest BCUT2D eigenvalue weighted by Gasteiger charge is -2.36. The second-order valence-corrected chi connectivity index (χ2v) is 7.99. The van der Waals surface area contributed by atoms with E-state index >= 15 is 0 Å². The first kappa shape index (κ1) is 20.0. The maximum absolute atomic E-state index is 13.1. The van der Waals surface area contributed by atoms with Gasteiger partial charge in [0, 0.05) is 24.3 Å². The number of carbonyl (C=O) groups is 1. The van der Waals surface area contributed by atoms with Gasteiger partial charge in [0.25, 0.3) is 5.91 Å². The van der Waals surface area contributed by atoms with Crippen molar-refractivity contribution in [2.45, 2.75) is 38.4 Å². The molecular formula is C23H22FN7O. The molecule has 0 spiro atoms. The minimum absolute atomic E-state index is 0.0881. The van der Waals surface area contributed by atoms with Crippen LogP contribution in [-0.2, 0) is 6.54 Å². The molecular weight excluding hydrogens is 409 g/mol. The minimum Gasteiger partial charge on any atom is -0.364 e. The molecule has 0 radical (unpaired) electrons. The van der Waals surface area contributed by atoms with E-state index in [0.717, 1.165) is 29.7 Å². The summed E-state index contributed by atoms with van der Waals surface area (Å²) in [5, 5.41) is 6.30. The van der Waals surface area contributed by atoms with Crippen molar-refractivity contribution in [1.29, 1.82) is 0 Å². The number of fused-ring (bicyclic) bond motifs is 1. The Morgan fingerprint density at radius 2 is 1.94 bits per heavy atom. The summed E-state index contributed by atoms with van der Waals surface area (Å²) < 4.78 is 15.1. The van der Waals surface area contributed by atoms with E-state index in [0.29, 0.717) is 23.6 Å². The highest BCUT2D eigenvalue weighted by Gasteiger charge is 2.33. The van der Waals surface area contributed by atoms with E-state index in [9.17, 15) is 9.18 Å². The zero-order valence-electron chi connectivity index (χ0n) is 17.5. The van der Waals surface area contributed by atoms with E-state index in [1.54, 1.807) is 24.5 Å². The predicted octanol–water partition coefficient (Wildman–Crippen LogP) is 3.41. The molecule has 0 saturated heterocycles. The average molecular weight is 431 g/mol. The number of nitrogens with one attached hydrogen (secondary N) is 2. The van der Waals surface area contributed by atoms with Crippen LogP contribution < -0.4 is 10.6 Å². The summed E-state index contributed by atoms with van der Waals surface area (Å²) in [6.45, 7) is 2.37. The Kier molecular flexibility index (Phi) is 5.22. The number of hydrogen-bond acceptors (Lipinski definition) is 6. The molecule has 0 unspecified atom stereocenters. The number of aryl methyl sites for hydroxylation is 1. The number of pyridine rings is 1. The van der Waals surface area contributed by atoms with Crippen LogP contribution in [0.2, 0.25) is 0 Å². The van der Waals surface area contributed by atoms with Crippen LogP contribution in [0.3, 0.4) is 0 Å². The third-order valence-corrected chi connectivity index (χ3v) is 5.69. The number of aromatic nitrogens is 5. The van der Waals surface area contributed by atoms with Crippen molar-refractivity contribution < 1.29 is 9.18 Å². The summed E-state index contributed by atoms with van der Waals surface area (Å²) in [5.74, 6) is 0.220. The van der Waals surface area contributed by atoms with Gasteiger partial charge in [-0.2, -0.15) is 0 Å². The molecule has 0 bridgehead atoms. The maximum Gasteiger partial charge on any atom is 0.270 e. The molecule has 3 heterocycles. The van der Waals surface area contributed by atoms with Crippen LogP contribution >= 0.6 is 0 Å². The maximum atomic E-state index is 13.1. The molecule has 1 aromatic carbocycles. The summed E-state index contributed by atoms with van der Waals surface area (Å²) in [6.07, 6.45) is 4.87. The smallest absolute Gasteiger partial charge is 0.270 e. The number of nitrogens with zero attached hydrogens (tertiary/aromatic N) is 5. The molecule has 5 rings (SSSR count). The molecule has 9 heteroatoms. The van der Waals surface area contributed by atoms with E-state index < -0.39 is 0 Å². The highest BCUT2D eigenvalue weighted by molar-refractivity contribution is 5.92. The molecule has 0 atom stereocenters. The van der Waals surface area contributed by atoms with Crippen LogP contribution in [0, 0.1) is 12.7 Å². The number of hydrogen-bond donors (Lipinski definition) is 2. The van der Waals surface area contributed by atoms with Crippen molar-refractivity contribution in [3.05, 3.63) is 77.9 Å². The Balaban J connectivity index is 1.23. The minimum atomic E-state index is -0.262. The lowest BCUT2D eigenvalue weighted by molar-refractivity contribution is 0.0889. The molecule has 1 aliphatic rings. The van der Waals surface area contributed by atoms with Crippen LogP contribution in [0.1, 0.15) is 40.6 Å². The quantitative estimate of drug-likeness (QED) is 0.486. The van der Waals surface area contributed by atoms with Gasteiger partial charge in [0.1, 0.15) is 23.4 Å². The van der Waals surface area contributed by atoms with Crippen LogP contribution in [0.4, 0.5) is 10.2 Å². The van der Waals surface area contributed by atoms with E-state index in [-0.39, 0.29) is 23.8 Å². The molecule has 8 nitrogen and oxygen atoms in total. The largest absolute Gasteiger partial charge is 0.364 e. The zero-order valence-corrected chi connectivity index (χ0v) is 17.5. The number of imidazole rings is 1. The predicted molar refractivity (Wildman–Crippen MR) is 118 cm³/mol. The number of amides is 1. The Morgan fingerprint density at radius 3 is 2.72 bits per heavy atom. The van der Waals surface area contributed by atoms with Gasteiger partial charge in [-0.05, 0) is 49.6 Å². The number of halogens is 1. The number of anilines is 1. The van der Waals surface area contributed by atoms with Crippen molar-refractivity contribution in [2.24, 2.45) is 0 Å². The van der Waals surface area contributed by atoms with Gasteiger partial charge in [-0.3, -0.25) is 4.79 Å². The standard InChI is InChI=1S/C23H22FN7O/c1-14-3-2-4-19(29-14)23(32)30-17-9-18(10-17)31-13-28-20-21(26-12-27-22(20)31)25-11-15-5-7-16(24)8-6-15/h2-8,12-13,17-18H,9-11H2,1H3,(H,30,32)(H,25,26,27). The fourth-order valence-corrected chi connectivity index (χ4v) is 3.90. The Bertz CT molecular complexity index is 1270. The zero-order chi connectivity index (χ0) is 22.1. The van der Waals surface area contributed by atoms with Crippen molar-refractivity contribution in [1.82, 2.24) is 29.8 Å². The van der Waals surface area contributed by atoms with Gasteiger partial charge in [-0.1, -0.05) is 18.2 Å². The highest BCUT2D eigenvalue weighted by Crippen LogP contribution is 2.35. The molecule has 1 fully saturated rings. The van der Waals surface area contributed by atoms with E-state index in [4.69, 9.17) is 0 Å². The first-order chi connectivity index (χ1) is 15.6. The Morgan fingerprint density at radius 1 is 1.12 bits per heavy atom. The summed E-state index contributed by atoms with van der Waals surface area (Å²) in [5.41, 5.74) is 3.63. The topological polar surface area (TPSA) is 97.6 Å². The van der Waals surface area contributed by atoms with Crippen molar-refractivity contribution in [3.8, 4) is 0 Å². The SMILES string of the molecule is Cc1cccc(C(=O)NC2CC(n3cnc4c(NCc5ccc(F)cc5)ncnc43)C2)n1. The second-order valence-electron chi connectivity index (χ2n) is 7.99. The van der Waals surface area contributed by atoms with Crippen LogP contribution in [-0.4, -0.2) is 36.5 Å². The van der Waals surface area contributed by atoms with Crippen LogP contribution in [0.5, 0.6) is 0 Å². The molecule has 162 valence electrons. The van der Waals surface area contributed by atoms with Crippen molar-refractivity contribution in [3.63, 3.8) is 0 Å². The monoisotopic (exact) mass is 431 g/mol. The van der Waals surface area contributed by atoms with E-state index in [1.165, 1.54) is 18.5 Å². The summed E-state index contributed by atoms with van der Waals surface area (Å²) in [7, 11) is 0. The van der Waals surface area contributed by atoms with E-state index in [1.807, 2.05) is 23.6 Å². The molecule has 1 aliphatic carbocycles. The number of carbonyl (C=O) groups excluding carboxylic acids is 1. The van der Waals surface area contributed by atoms with Crippen molar-refractivity contribution in [2.75, 3.05) is 5.32 Å². The van der Waals surface area contributed by atoms with Gasteiger partial charge in [0.2, 0.25) is 0 Å². The lowest BCUT2D eigenvalue weighted by atomic mass is 9.86. The molecule has 2 N–H and O–H groups in total. The van der Waals surface area contributed by atoms with Gasteiger partial charge in [-0.25, -0.2) is 24.3 Å². The summed E-state index contributed by atoms with van der Waals surface area (Å²) in [4.78, 5) is 29.9. The summed E-state index contributed by atoms with van der Waals surface area (Å²) >= 11 is 0. The molecule has 0 aliphatic heterocycles. The van der Waals surface area contributed by atoms with Crippen LogP contribution in [0.15, 0.2) is 55.1 Å². The van der Waals surface area contributed by atoms with Gasteiger partial charge in [-0.15, -0.1) is 0 Å². The molecule has 3 aromatic heterocycles. The fraction of sp³-hybridized carbons (Fsp3) is 0.261. The van der Waals surface area contributed by atoms with Gasteiger partial charge >= 0.3 is 0 Å². The molecule has 1 amide bonds. The molecule has 1 saturated carbocycles. The Hall–Kier alpha value is -3.88. The Labute approximate surface area is 184 Å². The lowest BCUT2D eigenvalue weighted by Crippen LogP contribution is -2.45. The summed E-state index contributed by atoms with van der Waals surface area (Å²) in [6, 6.07) is 12.0. The normalized spacial score (nSPS) is 17.7. The molecule has 32 heavy (non-hydrogen) atoms. The average Bonchev–Trinajstić information content (AvgIpc) is 3.19. The molecule has 4 aromatic rings. The third-order valence-electron chi connectivity index (χ3n) is 5.69. The highest BCUT2D eigenvalue weighted by atomic mass is 19.1. The van der Waals surface area contributed by atoms with Gasteiger partial charge < -0.3 is 15.2 Å². The fourth-order valence-electron chi connectivity index (χ4n) is 3.90. The van der Waals surface area contributed by atoms with Crippen molar-refractivity contribution >= 4 is 22.9 Å². The van der Waals surface area contributed by atoms with Gasteiger partial charge in [0.15, 0.2) is 11.5 Å². The van der Waals surface area contributed by atoms with E-state index in [2.05, 4.69) is 30.6 Å². The van der Waals surface area contributed by atoms with Gasteiger partial charge in [0.05, 0.1) is 6.33 Å². The second kappa shape index (κ2) is 8.33. The third kappa shape index (κ3) is 4.01. The number of benzene rings is 1. The first-order valence-corrected chi connectivity index (χ1v) is 10.5. The first-order valence-electron chi connectivity index (χ1n) is 10.5.